The fourth-order valence-corrected chi connectivity index (χ4v) is 1.26. The van der Waals surface area contributed by atoms with E-state index in [-0.39, 0.29) is 18.5 Å². The molecule has 0 aliphatic rings. The number of nitrogens with two attached hydrogens (primary N) is 1. The summed E-state index contributed by atoms with van der Waals surface area (Å²) >= 11 is 0. The summed E-state index contributed by atoms with van der Waals surface area (Å²) in [6.45, 7) is 3.97. The van der Waals surface area contributed by atoms with Crippen LogP contribution in [0.5, 0.6) is 5.75 Å². The number of nitrogen functional groups attached to an aromatic ring is 1. The van der Waals surface area contributed by atoms with Crippen molar-refractivity contribution in [1.82, 2.24) is 0 Å². The Morgan fingerprint density at radius 3 is 2.75 bits per heavy atom. The van der Waals surface area contributed by atoms with E-state index in [2.05, 4.69) is 5.32 Å². The van der Waals surface area contributed by atoms with Gasteiger partial charge >= 0.3 is 0 Å². The molecule has 0 atom stereocenters. The predicted molar refractivity (Wildman–Crippen MR) is 62.2 cm³/mol. The van der Waals surface area contributed by atoms with Gasteiger partial charge in [0.25, 0.3) is 0 Å². The van der Waals surface area contributed by atoms with Crippen LogP contribution in [-0.2, 0) is 0 Å². The predicted octanol–water partition coefficient (Wildman–Crippen LogP) is 1.60. The lowest BCUT2D eigenvalue weighted by Crippen LogP contribution is -2.10. The topological polar surface area (TPSA) is 67.5 Å². The molecule has 1 rings (SSSR count). The molecule has 16 heavy (non-hydrogen) atoms. The van der Waals surface area contributed by atoms with E-state index in [0.717, 1.165) is 0 Å². The van der Waals surface area contributed by atoms with E-state index in [1.807, 2.05) is 13.8 Å². The highest BCUT2D eigenvalue weighted by Gasteiger charge is 2.10. The summed E-state index contributed by atoms with van der Waals surface area (Å²) in [5.74, 6) is -0.328. The van der Waals surface area contributed by atoms with Gasteiger partial charge < -0.3 is 20.9 Å². The monoisotopic (exact) mass is 228 g/mol. The lowest BCUT2D eigenvalue weighted by atomic mass is 10.2. The number of hydrogen-bond acceptors (Lipinski definition) is 4. The van der Waals surface area contributed by atoms with Gasteiger partial charge in [0.2, 0.25) is 0 Å². The van der Waals surface area contributed by atoms with E-state index in [1.165, 1.54) is 12.1 Å². The van der Waals surface area contributed by atoms with Crippen molar-refractivity contribution in [3.05, 3.63) is 17.9 Å². The van der Waals surface area contributed by atoms with Crippen LogP contribution in [0.3, 0.4) is 0 Å². The first kappa shape index (κ1) is 12.6. The maximum Gasteiger partial charge on any atom is 0.167 e. The van der Waals surface area contributed by atoms with Crippen LogP contribution in [0.4, 0.5) is 15.8 Å². The van der Waals surface area contributed by atoms with E-state index in [9.17, 15) is 4.39 Å². The quantitative estimate of drug-likeness (QED) is 0.670. The fourth-order valence-electron chi connectivity index (χ4n) is 1.26. The largest absolute Gasteiger partial charge is 0.488 e. The Labute approximate surface area is 94.2 Å². The van der Waals surface area contributed by atoms with Gasteiger partial charge in [0, 0.05) is 18.7 Å². The van der Waals surface area contributed by atoms with Gasteiger partial charge in [0.1, 0.15) is 0 Å². The van der Waals surface area contributed by atoms with E-state index in [4.69, 9.17) is 15.6 Å². The van der Waals surface area contributed by atoms with Crippen molar-refractivity contribution in [2.45, 2.75) is 20.0 Å². The minimum atomic E-state index is -0.485. The highest BCUT2D eigenvalue weighted by atomic mass is 19.1. The number of hydrogen-bond donors (Lipinski definition) is 3. The molecule has 5 heteroatoms. The molecular weight excluding hydrogens is 211 g/mol. The normalized spacial score (nSPS) is 10.6. The first-order valence-corrected chi connectivity index (χ1v) is 5.15. The van der Waals surface area contributed by atoms with Gasteiger partial charge in [0.05, 0.1) is 24.1 Å². The molecule has 0 aromatic heterocycles. The molecule has 90 valence electrons. The third-order valence-corrected chi connectivity index (χ3v) is 1.89. The van der Waals surface area contributed by atoms with Crippen LogP contribution >= 0.6 is 0 Å². The molecule has 0 unspecified atom stereocenters. The van der Waals surface area contributed by atoms with Gasteiger partial charge in [-0.1, -0.05) is 0 Å². The van der Waals surface area contributed by atoms with Crippen molar-refractivity contribution in [3.8, 4) is 5.75 Å². The van der Waals surface area contributed by atoms with Crippen molar-refractivity contribution in [2.75, 3.05) is 24.2 Å². The summed E-state index contributed by atoms with van der Waals surface area (Å²) in [6.07, 6.45) is -0.108. The van der Waals surface area contributed by atoms with Crippen LogP contribution in [0.1, 0.15) is 13.8 Å². The molecule has 0 amide bonds. The molecular formula is C11H17FN2O2. The number of anilines is 2. The lowest BCUT2D eigenvalue weighted by Gasteiger charge is -2.14. The Kier molecular flexibility index (Phi) is 4.37. The number of benzene rings is 1. The van der Waals surface area contributed by atoms with Gasteiger partial charge in [-0.15, -0.1) is 0 Å². The standard InChI is InChI=1S/C11H17FN2O2/c1-7(2)16-11-6-10(14-3-4-15)9(13)5-8(11)12/h5-7,14-15H,3-4,13H2,1-2H3. The molecule has 0 aliphatic carbocycles. The second-order valence-electron chi connectivity index (χ2n) is 3.69. The van der Waals surface area contributed by atoms with Gasteiger partial charge in [-0.25, -0.2) is 4.39 Å². The molecule has 1 aromatic carbocycles. The highest BCUT2D eigenvalue weighted by molar-refractivity contribution is 5.68. The number of aliphatic hydroxyl groups is 1. The summed E-state index contributed by atoms with van der Waals surface area (Å²) in [5, 5.41) is 11.6. The van der Waals surface area contributed by atoms with Crippen LogP contribution in [0, 0.1) is 5.82 Å². The highest BCUT2D eigenvalue weighted by Crippen LogP contribution is 2.28. The third kappa shape index (κ3) is 3.27. The number of aliphatic hydroxyl groups excluding tert-OH is 1. The number of ether oxygens (including phenoxy) is 1. The minimum absolute atomic E-state index is 0.0167. The van der Waals surface area contributed by atoms with E-state index in [0.29, 0.717) is 17.9 Å². The molecule has 0 heterocycles. The Morgan fingerprint density at radius 2 is 2.19 bits per heavy atom. The van der Waals surface area contributed by atoms with Gasteiger partial charge in [0.15, 0.2) is 11.6 Å². The van der Waals surface area contributed by atoms with Crippen molar-refractivity contribution < 1.29 is 14.2 Å². The Balaban J connectivity index is 2.92. The smallest absolute Gasteiger partial charge is 0.167 e. The van der Waals surface area contributed by atoms with Crippen LogP contribution < -0.4 is 15.8 Å². The Morgan fingerprint density at radius 1 is 1.50 bits per heavy atom. The summed E-state index contributed by atoms with van der Waals surface area (Å²) in [7, 11) is 0. The van der Waals surface area contributed by atoms with Gasteiger partial charge in [-0.3, -0.25) is 0 Å². The molecule has 4 nitrogen and oxygen atoms in total. The molecule has 0 spiro atoms. The molecule has 0 aliphatic heterocycles. The lowest BCUT2D eigenvalue weighted by molar-refractivity contribution is 0.231. The van der Waals surface area contributed by atoms with Crippen LogP contribution in [0.2, 0.25) is 0 Å². The molecule has 0 fully saturated rings. The zero-order chi connectivity index (χ0) is 12.1. The van der Waals surface area contributed by atoms with Crippen molar-refractivity contribution in [2.24, 2.45) is 0 Å². The maximum atomic E-state index is 13.4. The molecule has 0 radical (unpaired) electrons. The van der Waals surface area contributed by atoms with Crippen LogP contribution in [0.25, 0.3) is 0 Å². The Hall–Kier alpha value is -1.49. The summed E-state index contributed by atoms with van der Waals surface area (Å²) in [6, 6.07) is 2.71. The molecule has 1 aromatic rings. The number of rotatable bonds is 5. The third-order valence-electron chi connectivity index (χ3n) is 1.89. The maximum absolute atomic E-state index is 13.4. The summed E-state index contributed by atoms with van der Waals surface area (Å²) in [4.78, 5) is 0. The summed E-state index contributed by atoms with van der Waals surface area (Å²) in [5.41, 5.74) is 6.48. The Bertz CT molecular complexity index is 356. The number of halogens is 1. The van der Waals surface area contributed by atoms with Crippen LogP contribution in [0.15, 0.2) is 12.1 Å². The average Bonchev–Trinajstić information content (AvgIpc) is 2.20. The van der Waals surface area contributed by atoms with Crippen molar-refractivity contribution in [3.63, 3.8) is 0 Å². The molecule has 0 bridgehead atoms. The minimum Gasteiger partial charge on any atom is -0.488 e. The zero-order valence-electron chi connectivity index (χ0n) is 9.46. The number of nitrogens with one attached hydrogen (secondary N) is 1. The van der Waals surface area contributed by atoms with Crippen molar-refractivity contribution in [1.29, 1.82) is 0 Å². The first-order valence-electron chi connectivity index (χ1n) is 5.15. The molecule has 0 saturated heterocycles. The van der Waals surface area contributed by atoms with E-state index < -0.39 is 5.82 Å². The van der Waals surface area contributed by atoms with Gasteiger partial charge in [-0.2, -0.15) is 0 Å². The van der Waals surface area contributed by atoms with Crippen LogP contribution in [-0.4, -0.2) is 24.4 Å². The van der Waals surface area contributed by atoms with Crippen molar-refractivity contribution >= 4 is 11.4 Å². The van der Waals surface area contributed by atoms with Gasteiger partial charge in [-0.05, 0) is 13.8 Å². The average molecular weight is 228 g/mol. The zero-order valence-corrected chi connectivity index (χ0v) is 9.46. The molecule has 0 saturated carbocycles. The SMILES string of the molecule is CC(C)Oc1cc(NCCO)c(N)cc1F. The first-order chi connectivity index (χ1) is 7.54. The molecule has 4 N–H and O–H groups in total. The second-order valence-corrected chi connectivity index (χ2v) is 3.69. The summed E-state index contributed by atoms with van der Waals surface area (Å²) < 4.78 is 18.7. The fraction of sp³-hybridized carbons (Fsp3) is 0.455. The van der Waals surface area contributed by atoms with E-state index >= 15 is 0 Å². The van der Waals surface area contributed by atoms with E-state index in [1.54, 1.807) is 0 Å². The second kappa shape index (κ2) is 5.55.